The number of pyridine rings is 1. The average Bonchev–Trinajstić information content (AvgIpc) is 2.91. The van der Waals surface area contributed by atoms with E-state index in [9.17, 15) is 8.42 Å². The SMILES string of the molecule is CC(C)(C)c1ccc(NC2=NS(=O)(=O)c3cc(-c4ncccc4Cl)ccc32)cc1. The lowest BCUT2D eigenvalue weighted by Gasteiger charge is -2.19. The Bertz CT molecular complexity index is 1230. The summed E-state index contributed by atoms with van der Waals surface area (Å²) in [7, 11) is -3.80. The third kappa shape index (κ3) is 3.78. The Hall–Kier alpha value is -2.70. The first-order valence-electron chi connectivity index (χ1n) is 9.13. The summed E-state index contributed by atoms with van der Waals surface area (Å²) in [6.45, 7) is 6.43. The quantitative estimate of drug-likeness (QED) is 0.607. The second-order valence-electron chi connectivity index (χ2n) is 7.91. The number of benzene rings is 2. The van der Waals surface area contributed by atoms with Crippen molar-refractivity contribution in [1.29, 1.82) is 0 Å². The number of sulfonamides is 1. The lowest BCUT2D eigenvalue weighted by molar-refractivity contribution is 0.590. The van der Waals surface area contributed by atoms with E-state index in [2.05, 4.69) is 35.5 Å². The fourth-order valence-electron chi connectivity index (χ4n) is 3.18. The zero-order valence-corrected chi connectivity index (χ0v) is 17.8. The molecule has 4 rings (SSSR count). The van der Waals surface area contributed by atoms with E-state index in [-0.39, 0.29) is 10.3 Å². The van der Waals surface area contributed by atoms with Crippen LogP contribution in [0.1, 0.15) is 31.9 Å². The fourth-order valence-corrected chi connectivity index (χ4v) is 4.61. The van der Waals surface area contributed by atoms with Crippen molar-refractivity contribution in [2.45, 2.75) is 31.1 Å². The van der Waals surface area contributed by atoms with Crippen LogP contribution in [0.2, 0.25) is 5.02 Å². The first-order chi connectivity index (χ1) is 13.6. The maximum atomic E-state index is 12.6. The summed E-state index contributed by atoms with van der Waals surface area (Å²) in [5.74, 6) is 0.308. The number of aromatic nitrogens is 1. The van der Waals surface area contributed by atoms with Crippen molar-refractivity contribution in [1.82, 2.24) is 4.98 Å². The Morgan fingerprint density at radius 2 is 1.72 bits per heavy atom. The molecule has 0 radical (unpaired) electrons. The molecule has 5 nitrogen and oxygen atoms in total. The van der Waals surface area contributed by atoms with E-state index in [0.717, 1.165) is 5.69 Å². The highest BCUT2D eigenvalue weighted by Crippen LogP contribution is 2.33. The van der Waals surface area contributed by atoms with Crippen LogP contribution in [0, 0.1) is 0 Å². The number of nitrogens with one attached hydrogen (secondary N) is 1. The van der Waals surface area contributed by atoms with Gasteiger partial charge in [0.1, 0.15) is 4.90 Å². The van der Waals surface area contributed by atoms with Gasteiger partial charge in [0.15, 0.2) is 5.84 Å². The number of amidine groups is 1. The van der Waals surface area contributed by atoms with Crippen LogP contribution in [-0.2, 0) is 15.4 Å². The van der Waals surface area contributed by atoms with E-state index in [1.807, 2.05) is 24.3 Å². The standard InChI is InChI=1S/C22H20ClN3O2S/c1-22(2,3)15-7-9-16(10-8-15)25-21-17-11-6-14(13-19(17)29(27,28)26-21)20-18(23)5-4-12-24-20/h4-13H,1-3H3,(H,25,26). The minimum atomic E-state index is -3.80. The summed E-state index contributed by atoms with van der Waals surface area (Å²) in [5, 5.41) is 3.59. The number of rotatable bonds is 2. The minimum absolute atomic E-state index is 0.0441. The number of nitrogens with zero attached hydrogens (tertiary/aromatic N) is 2. The highest BCUT2D eigenvalue weighted by molar-refractivity contribution is 7.90. The zero-order valence-electron chi connectivity index (χ0n) is 16.3. The van der Waals surface area contributed by atoms with Crippen LogP contribution in [-0.4, -0.2) is 19.2 Å². The highest BCUT2D eigenvalue weighted by Gasteiger charge is 2.30. The molecule has 1 aromatic heterocycles. The van der Waals surface area contributed by atoms with Crippen LogP contribution in [0.5, 0.6) is 0 Å². The number of hydrogen-bond acceptors (Lipinski definition) is 4. The molecule has 0 bridgehead atoms. The molecule has 148 valence electrons. The third-order valence-corrected chi connectivity index (χ3v) is 6.39. The van der Waals surface area contributed by atoms with Crippen molar-refractivity contribution in [3.8, 4) is 11.3 Å². The van der Waals surface area contributed by atoms with Crippen LogP contribution in [0.3, 0.4) is 0 Å². The number of halogens is 1. The molecule has 0 saturated heterocycles. The lowest BCUT2D eigenvalue weighted by Crippen LogP contribution is -2.13. The topological polar surface area (TPSA) is 71.4 Å². The van der Waals surface area contributed by atoms with Crippen molar-refractivity contribution in [3.63, 3.8) is 0 Å². The van der Waals surface area contributed by atoms with Gasteiger partial charge in [-0.15, -0.1) is 4.40 Å². The van der Waals surface area contributed by atoms with Crippen LogP contribution in [0.25, 0.3) is 11.3 Å². The maximum absolute atomic E-state index is 12.6. The Morgan fingerprint density at radius 3 is 2.38 bits per heavy atom. The van der Waals surface area contributed by atoms with Gasteiger partial charge in [-0.25, -0.2) is 0 Å². The van der Waals surface area contributed by atoms with Gasteiger partial charge in [0, 0.05) is 23.0 Å². The lowest BCUT2D eigenvalue weighted by atomic mass is 9.87. The van der Waals surface area contributed by atoms with Crippen LogP contribution in [0.15, 0.2) is 70.1 Å². The van der Waals surface area contributed by atoms with E-state index >= 15 is 0 Å². The van der Waals surface area contributed by atoms with Crippen molar-refractivity contribution in [2.75, 3.05) is 5.32 Å². The minimum Gasteiger partial charge on any atom is -0.339 e. The van der Waals surface area contributed by atoms with Crippen molar-refractivity contribution in [3.05, 3.63) is 76.9 Å². The fraction of sp³-hybridized carbons (Fsp3) is 0.182. The number of hydrogen-bond donors (Lipinski definition) is 1. The molecule has 2 heterocycles. The van der Waals surface area contributed by atoms with E-state index < -0.39 is 10.0 Å². The van der Waals surface area contributed by atoms with E-state index in [1.54, 1.807) is 36.5 Å². The Morgan fingerprint density at radius 1 is 1.00 bits per heavy atom. The molecule has 7 heteroatoms. The highest BCUT2D eigenvalue weighted by atomic mass is 35.5. The molecule has 3 aromatic rings. The van der Waals surface area contributed by atoms with Gasteiger partial charge in [-0.05, 0) is 47.4 Å². The van der Waals surface area contributed by atoms with E-state index in [4.69, 9.17) is 11.6 Å². The Kier molecular flexibility index (Phi) is 4.71. The smallest absolute Gasteiger partial charge is 0.285 e. The molecule has 0 saturated carbocycles. The summed E-state index contributed by atoms with van der Waals surface area (Å²) >= 11 is 6.21. The van der Waals surface area contributed by atoms with Crippen molar-refractivity contribution < 1.29 is 8.42 Å². The first-order valence-corrected chi connectivity index (χ1v) is 10.9. The predicted molar refractivity (Wildman–Crippen MR) is 117 cm³/mol. The molecule has 1 aliphatic rings. The largest absolute Gasteiger partial charge is 0.339 e. The summed E-state index contributed by atoms with van der Waals surface area (Å²) in [5.41, 5.74) is 3.71. The molecular weight excluding hydrogens is 406 g/mol. The number of anilines is 1. The van der Waals surface area contributed by atoms with E-state index in [0.29, 0.717) is 27.7 Å². The van der Waals surface area contributed by atoms with Gasteiger partial charge in [0.25, 0.3) is 10.0 Å². The van der Waals surface area contributed by atoms with Crippen LogP contribution in [0.4, 0.5) is 5.69 Å². The normalized spacial score (nSPS) is 15.0. The average molecular weight is 426 g/mol. The van der Waals surface area contributed by atoms with E-state index in [1.165, 1.54) is 5.56 Å². The van der Waals surface area contributed by atoms with Gasteiger partial charge in [0.2, 0.25) is 0 Å². The predicted octanol–water partition coefficient (Wildman–Crippen LogP) is 5.26. The Labute approximate surface area is 175 Å². The molecule has 0 aliphatic carbocycles. The Balaban J connectivity index is 1.68. The molecule has 0 fully saturated rings. The summed E-state index contributed by atoms with van der Waals surface area (Å²) in [6, 6.07) is 16.5. The van der Waals surface area contributed by atoms with Crippen LogP contribution >= 0.6 is 11.6 Å². The van der Waals surface area contributed by atoms with Gasteiger partial charge >= 0.3 is 0 Å². The van der Waals surface area contributed by atoms with Gasteiger partial charge in [-0.3, -0.25) is 4.98 Å². The van der Waals surface area contributed by atoms with Gasteiger partial charge in [-0.2, -0.15) is 8.42 Å². The van der Waals surface area contributed by atoms with Gasteiger partial charge in [0.05, 0.1) is 10.7 Å². The third-order valence-electron chi connectivity index (χ3n) is 4.77. The molecule has 2 aromatic carbocycles. The molecule has 1 aliphatic heterocycles. The maximum Gasteiger partial charge on any atom is 0.285 e. The monoisotopic (exact) mass is 425 g/mol. The molecule has 0 atom stereocenters. The zero-order chi connectivity index (χ0) is 20.8. The summed E-state index contributed by atoms with van der Waals surface area (Å²) in [4.78, 5) is 4.40. The molecule has 0 unspecified atom stereocenters. The first kappa shape index (κ1) is 19.6. The molecule has 29 heavy (non-hydrogen) atoms. The molecule has 0 spiro atoms. The van der Waals surface area contributed by atoms with Gasteiger partial charge in [-0.1, -0.05) is 50.6 Å². The molecule has 0 amide bonds. The molecular formula is C22H20ClN3O2S. The van der Waals surface area contributed by atoms with Gasteiger partial charge < -0.3 is 5.32 Å². The summed E-state index contributed by atoms with van der Waals surface area (Å²) < 4.78 is 29.2. The molecule has 1 N–H and O–H groups in total. The van der Waals surface area contributed by atoms with Crippen LogP contribution < -0.4 is 5.32 Å². The second kappa shape index (κ2) is 6.97. The number of fused-ring (bicyclic) bond motifs is 1. The second-order valence-corrected chi connectivity index (χ2v) is 9.89. The van der Waals surface area contributed by atoms with Crippen molar-refractivity contribution >= 4 is 33.1 Å². The summed E-state index contributed by atoms with van der Waals surface area (Å²) in [6.07, 6.45) is 1.62. The van der Waals surface area contributed by atoms with Crippen molar-refractivity contribution in [2.24, 2.45) is 4.40 Å².